The second-order valence-corrected chi connectivity index (χ2v) is 5.92. The number of hydrogen-bond acceptors (Lipinski definition) is 4. The van der Waals surface area contributed by atoms with Crippen molar-refractivity contribution < 1.29 is 13.9 Å². The molecule has 5 nitrogen and oxygen atoms in total. The number of nitrogens with one attached hydrogen (secondary N) is 2. The lowest BCUT2D eigenvalue weighted by molar-refractivity contribution is 0.102. The lowest BCUT2D eigenvalue weighted by Crippen LogP contribution is -2.14. The van der Waals surface area contributed by atoms with Crippen LogP contribution in [0.15, 0.2) is 67.0 Å². The largest absolute Gasteiger partial charge is 0.497 e. The molecule has 0 unspecified atom stereocenters. The molecule has 0 radical (unpaired) electrons. The number of anilines is 2. The molecule has 0 aliphatic carbocycles. The van der Waals surface area contributed by atoms with Crippen molar-refractivity contribution in [1.82, 2.24) is 4.98 Å². The maximum atomic E-state index is 13.7. The fourth-order valence-corrected chi connectivity index (χ4v) is 2.56. The van der Waals surface area contributed by atoms with Crippen molar-refractivity contribution in [2.45, 2.75) is 6.42 Å². The second-order valence-electron chi connectivity index (χ2n) is 5.92. The summed E-state index contributed by atoms with van der Waals surface area (Å²) >= 11 is 0. The minimum absolute atomic E-state index is 0.139. The summed E-state index contributed by atoms with van der Waals surface area (Å²) < 4.78 is 18.8. The van der Waals surface area contributed by atoms with Gasteiger partial charge in [-0.15, -0.1) is 0 Å². The van der Waals surface area contributed by atoms with Crippen molar-refractivity contribution in [3.63, 3.8) is 0 Å². The lowest BCUT2D eigenvalue weighted by Gasteiger charge is -2.09. The molecule has 0 aliphatic rings. The number of pyridine rings is 1. The molecule has 2 aromatic carbocycles. The minimum atomic E-state index is -0.479. The number of para-hydroxylation sites is 1. The number of halogens is 1. The molecule has 0 fully saturated rings. The van der Waals surface area contributed by atoms with Crippen molar-refractivity contribution >= 4 is 17.3 Å². The number of ether oxygens (including phenoxy) is 1. The van der Waals surface area contributed by atoms with Crippen molar-refractivity contribution in [3.05, 3.63) is 83.9 Å². The van der Waals surface area contributed by atoms with Gasteiger partial charge in [-0.2, -0.15) is 0 Å². The van der Waals surface area contributed by atoms with Crippen LogP contribution in [0, 0.1) is 5.82 Å². The van der Waals surface area contributed by atoms with Gasteiger partial charge in [0.1, 0.15) is 11.6 Å². The fourth-order valence-electron chi connectivity index (χ4n) is 2.56. The highest BCUT2D eigenvalue weighted by Gasteiger charge is 2.10. The third kappa shape index (κ3) is 5.04. The zero-order valence-electron chi connectivity index (χ0n) is 14.9. The van der Waals surface area contributed by atoms with Crippen LogP contribution in [0.4, 0.5) is 15.8 Å². The van der Waals surface area contributed by atoms with Gasteiger partial charge in [0.2, 0.25) is 0 Å². The summed E-state index contributed by atoms with van der Waals surface area (Å²) in [5.74, 6) is -0.0662. The van der Waals surface area contributed by atoms with E-state index in [9.17, 15) is 9.18 Å². The average molecular weight is 365 g/mol. The molecule has 0 saturated heterocycles. The van der Waals surface area contributed by atoms with Crippen LogP contribution >= 0.6 is 0 Å². The van der Waals surface area contributed by atoms with Gasteiger partial charge < -0.3 is 15.4 Å². The van der Waals surface area contributed by atoms with E-state index in [1.54, 1.807) is 31.5 Å². The number of rotatable bonds is 7. The fraction of sp³-hybridized carbons (Fsp3) is 0.143. The Labute approximate surface area is 157 Å². The highest BCUT2D eigenvalue weighted by molar-refractivity contribution is 6.04. The molecular weight excluding hydrogens is 345 g/mol. The number of carbonyl (C=O) groups excluding carboxylic acids is 1. The van der Waals surface area contributed by atoms with Crippen LogP contribution in [0.25, 0.3) is 0 Å². The molecule has 1 aromatic heterocycles. The summed E-state index contributed by atoms with van der Waals surface area (Å²) in [6.07, 6.45) is 3.91. The van der Waals surface area contributed by atoms with Crippen LogP contribution in [0.5, 0.6) is 5.75 Å². The first-order valence-corrected chi connectivity index (χ1v) is 8.53. The van der Waals surface area contributed by atoms with Gasteiger partial charge in [0, 0.05) is 18.9 Å². The van der Waals surface area contributed by atoms with Crippen molar-refractivity contribution in [3.8, 4) is 5.75 Å². The van der Waals surface area contributed by atoms with Gasteiger partial charge in [-0.05, 0) is 42.3 Å². The SMILES string of the molecule is COc1ccc(CCNc2cncc(C(=O)Nc3ccccc3F)c2)cc1. The summed E-state index contributed by atoms with van der Waals surface area (Å²) in [5.41, 5.74) is 2.39. The Bertz CT molecular complexity index is 913. The Morgan fingerprint density at radius 3 is 2.63 bits per heavy atom. The molecule has 0 atom stereocenters. The summed E-state index contributed by atoms with van der Waals surface area (Å²) in [5, 5.41) is 5.80. The molecule has 3 aromatic rings. The summed E-state index contributed by atoms with van der Waals surface area (Å²) in [4.78, 5) is 16.4. The van der Waals surface area contributed by atoms with Gasteiger partial charge in [-0.1, -0.05) is 24.3 Å². The molecule has 0 spiro atoms. The quantitative estimate of drug-likeness (QED) is 0.661. The van der Waals surface area contributed by atoms with Crippen LogP contribution in [-0.4, -0.2) is 24.5 Å². The first-order chi connectivity index (χ1) is 13.2. The Balaban J connectivity index is 1.58. The molecule has 3 rings (SSSR count). The molecule has 1 heterocycles. The first kappa shape index (κ1) is 18.4. The molecule has 138 valence electrons. The van der Waals surface area contributed by atoms with E-state index in [0.717, 1.165) is 17.9 Å². The van der Waals surface area contributed by atoms with Crippen LogP contribution in [0.3, 0.4) is 0 Å². The van der Waals surface area contributed by atoms with Gasteiger partial charge in [-0.25, -0.2) is 4.39 Å². The average Bonchev–Trinajstić information content (AvgIpc) is 2.70. The second kappa shape index (κ2) is 8.80. The van der Waals surface area contributed by atoms with Crippen LogP contribution < -0.4 is 15.4 Å². The predicted octanol–water partition coefficient (Wildman–Crippen LogP) is 4.14. The highest BCUT2D eigenvalue weighted by Crippen LogP contribution is 2.16. The number of benzene rings is 2. The molecule has 2 N–H and O–H groups in total. The zero-order chi connectivity index (χ0) is 19.1. The third-order valence-corrected chi connectivity index (χ3v) is 4.02. The van der Waals surface area contributed by atoms with Crippen LogP contribution in [-0.2, 0) is 6.42 Å². The van der Waals surface area contributed by atoms with E-state index < -0.39 is 11.7 Å². The number of hydrogen-bond donors (Lipinski definition) is 2. The van der Waals surface area contributed by atoms with Gasteiger partial charge in [0.25, 0.3) is 5.91 Å². The van der Waals surface area contributed by atoms with Gasteiger partial charge in [-0.3, -0.25) is 9.78 Å². The molecule has 0 saturated carbocycles. The molecule has 1 amide bonds. The molecule has 27 heavy (non-hydrogen) atoms. The monoisotopic (exact) mass is 365 g/mol. The summed E-state index contributed by atoms with van der Waals surface area (Å²) in [6.45, 7) is 0.687. The smallest absolute Gasteiger partial charge is 0.257 e. The van der Waals surface area contributed by atoms with E-state index in [4.69, 9.17) is 4.74 Å². The maximum absolute atomic E-state index is 13.7. The maximum Gasteiger partial charge on any atom is 0.257 e. The molecule has 0 bridgehead atoms. The highest BCUT2D eigenvalue weighted by atomic mass is 19.1. The van der Waals surface area contributed by atoms with E-state index in [-0.39, 0.29) is 5.69 Å². The normalized spacial score (nSPS) is 10.3. The number of nitrogens with zero attached hydrogens (tertiary/aromatic N) is 1. The summed E-state index contributed by atoms with van der Waals surface area (Å²) in [6, 6.07) is 15.6. The van der Waals surface area contributed by atoms with E-state index in [0.29, 0.717) is 12.1 Å². The van der Waals surface area contributed by atoms with Crippen LogP contribution in [0.2, 0.25) is 0 Å². The van der Waals surface area contributed by atoms with E-state index in [1.807, 2.05) is 24.3 Å². The number of amides is 1. The topological polar surface area (TPSA) is 63.2 Å². The van der Waals surface area contributed by atoms with E-state index >= 15 is 0 Å². The van der Waals surface area contributed by atoms with E-state index in [2.05, 4.69) is 15.6 Å². The zero-order valence-corrected chi connectivity index (χ0v) is 14.9. The predicted molar refractivity (Wildman–Crippen MR) is 104 cm³/mol. The molecule has 0 aliphatic heterocycles. The Hall–Kier alpha value is -3.41. The first-order valence-electron chi connectivity index (χ1n) is 8.53. The lowest BCUT2D eigenvalue weighted by atomic mass is 10.1. The number of methoxy groups -OCH3 is 1. The molecular formula is C21H20FN3O2. The van der Waals surface area contributed by atoms with Crippen molar-refractivity contribution in [2.75, 3.05) is 24.3 Å². The van der Waals surface area contributed by atoms with Crippen molar-refractivity contribution in [1.29, 1.82) is 0 Å². The van der Waals surface area contributed by atoms with E-state index in [1.165, 1.54) is 23.9 Å². The minimum Gasteiger partial charge on any atom is -0.497 e. The van der Waals surface area contributed by atoms with Gasteiger partial charge >= 0.3 is 0 Å². The van der Waals surface area contributed by atoms with Gasteiger partial charge in [0.05, 0.1) is 24.0 Å². The summed E-state index contributed by atoms with van der Waals surface area (Å²) in [7, 11) is 1.64. The standard InChI is InChI=1S/C21H20FN3O2/c1-27-18-8-6-15(7-9-18)10-11-24-17-12-16(13-23-14-17)21(26)25-20-5-3-2-4-19(20)22/h2-9,12-14,24H,10-11H2,1H3,(H,25,26). The van der Waals surface area contributed by atoms with Crippen LogP contribution in [0.1, 0.15) is 15.9 Å². The third-order valence-electron chi connectivity index (χ3n) is 4.02. The molecule has 6 heteroatoms. The number of carbonyl (C=O) groups is 1. The number of aromatic nitrogens is 1. The van der Waals surface area contributed by atoms with Crippen molar-refractivity contribution in [2.24, 2.45) is 0 Å². The Morgan fingerprint density at radius 2 is 1.89 bits per heavy atom. The Morgan fingerprint density at radius 1 is 1.11 bits per heavy atom. The van der Waals surface area contributed by atoms with Gasteiger partial charge in [0.15, 0.2) is 0 Å². The Kier molecular flexibility index (Phi) is 5.99.